The summed E-state index contributed by atoms with van der Waals surface area (Å²) in [5.74, 6) is -0.0191. The number of nitrogens with zero attached hydrogens (tertiary/aromatic N) is 1. The molecule has 2 aliphatic rings. The van der Waals surface area contributed by atoms with Crippen LogP contribution in [-0.2, 0) is 4.79 Å². The largest absolute Gasteiger partial charge is 0.494 e. The Labute approximate surface area is 168 Å². The first-order chi connectivity index (χ1) is 13.9. The summed E-state index contributed by atoms with van der Waals surface area (Å²) < 4.78 is 0. The quantitative estimate of drug-likeness (QED) is 0.548. The summed E-state index contributed by atoms with van der Waals surface area (Å²) in [6.07, 6.45) is 0.0472. The maximum absolute atomic E-state index is 12.9. The molecule has 2 heterocycles. The highest BCUT2D eigenvalue weighted by molar-refractivity contribution is 6.27. The van der Waals surface area contributed by atoms with E-state index in [2.05, 4.69) is 4.98 Å². The SMILES string of the molecule is CC1(C)CC(=O)/C(=C2/N=C(c3c(O)[nH]c4ccccc34)c3ccccc32)C(O)C1. The summed E-state index contributed by atoms with van der Waals surface area (Å²) in [7, 11) is 0. The first-order valence-corrected chi connectivity index (χ1v) is 9.80. The molecule has 0 radical (unpaired) electrons. The Balaban J connectivity index is 1.77. The predicted molar refractivity (Wildman–Crippen MR) is 113 cm³/mol. The summed E-state index contributed by atoms with van der Waals surface area (Å²) >= 11 is 0. The van der Waals surface area contributed by atoms with Crippen molar-refractivity contribution in [3.63, 3.8) is 0 Å². The van der Waals surface area contributed by atoms with E-state index < -0.39 is 6.10 Å². The zero-order chi connectivity index (χ0) is 20.3. The third-order valence-electron chi connectivity index (χ3n) is 5.86. The second-order valence-electron chi connectivity index (χ2n) is 8.65. The topological polar surface area (TPSA) is 85.7 Å². The molecule has 3 aromatic rings. The fraction of sp³-hybridized carbons (Fsp3) is 0.250. The van der Waals surface area contributed by atoms with Crippen LogP contribution in [0.3, 0.4) is 0 Å². The molecule has 3 N–H and O–H groups in total. The van der Waals surface area contributed by atoms with Crippen LogP contribution in [0.25, 0.3) is 16.6 Å². The maximum atomic E-state index is 12.9. The molecule has 1 aliphatic heterocycles. The number of hydrogen-bond acceptors (Lipinski definition) is 4. The molecular formula is C24H22N2O3. The number of ketones is 1. The van der Waals surface area contributed by atoms with E-state index in [-0.39, 0.29) is 17.1 Å². The predicted octanol–water partition coefficient (Wildman–Crippen LogP) is 4.19. The third-order valence-corrected chi connectivity index (χ3v) is 5.86. The monoisotopic (exact) mass is 386 g/mol. The molecule has 0 amide bonds. The number of hydrogen-bond donors (Lipinski definition) is 3. The zero-order valence-electron chi connectivity index (χ0n) is 16.4. The molecule has 1 aromatic heterocycles. The molecule has 1 saturated carbocycles. The van der Waals surface area contributed by atoms with Gasteiger partial charge >= 0.3 is 0 Å². The second kappa shape index (κ2) is 6.16. The lowest BCUT2D eigenvalue weighted by Gasteiger charge is -2.33. The van der Waals surface area contributed by atoms with E-state index in [9.17, 15) is 15.0 Å². The minimum atomic E-state index is -0.853. The van der Waals surface area contributed by atoms with Crippen LogP contribution in [0.4, 0.5) is 0 Å². The van der Waals surface area contributed by atoms with Crippen molar-refractivity contribution in [2.75, 3.05) is 0 Å². The number of aliphatic hydroxyl groups excluding tert-OH is 1. The highest BCUT2D eigenvalue weighted by atomic mass is 16.3. The minimum absolute atomic E-state index is 0.0441. The van der Waals surface area contributed by atoms with Crippen LogP contribution in [-0.4, -0.2) is 32.8 Å². The molecule has 29 heavy (non-hydrogen) atoms. The van der Waals surface area contributed by atoms with E-state index in [1.807, 2.05) is 62.4 Å². The van der Waals surface area contributed by atoms with Gasteiger partial charge in [0.2, 0.25) is 0 Å². The number of H-pyrrole nitrogens is 1. The highest BCUT2D eigenvalue weighted by Gasteiger charge is 2.39. The van der Waals surface area contributed by atoms with Crippen molar-refractivity contribution >= 4 is 28.1 Å². The number of benzene rings is 2. The third kappa shape index (κ3) is 2.73. The van der Waals surface area contributed by atoms with Gasteiger partial charge in [-0.3, -0.25) is 4.79 Å². The van der Waals surface area contributed by atoms with E-state index in [1.165, 1.54) is 0 Å². The van der Waals surface area contributed by atoms with Gasteiger partial charge in [0.15, 0.2) is 11.7 Å². The Bertz CT molecular complexity index is 1230. The number of aromatic amines is 1. The number of Topliss-reactive ketones (excluding diaryl/α,β-unsaturated/α-hetero) is 1. The van der Waals surface area contributed by atoms with Gasteiger partial charge in [0.1, 0.15) is 0 Å². The molecule has 5 heteroatoms. The van der Waals surface area contributed by atoms with E-state index in [0.29, 0.717) is 35.4 Å². The molecule has 0 saturated heterocycles. The number of para-hydroxylation sites is 1. The average Bonchev–Trinajstić information content (AvgIpc) is 3.17. The Hall–Kier alpha value is -3.18. The Morgan fingerprint density at radius 2 is 1.76 bits per heavy atom. The fourth-order valence-corrected chi connectivity index (χ4v) is 4.59. The van der Waals surface area contributed by atoms with Gasteiger partial charge in [-0.05, 0) is 17.9 Å². The Morgan fingerprint density at radius 1 is 1.07 bits per heavy atom. The zero-order valence-corrected chi connectivity index (χ0v) is 16.4. The van der Waals surface area contributed by atoms with Gasteiger partial charge in [-0.2, -0.15) is 0 Å². The van der Waals surface area contributed by atoms with Gasteiger partial charge in [0.05, 0.1) is 23.1 Å². The summed E-state index contributed by atoms with van der Waals surface area (Å²) in [5.41, 5.74) is 4.37. The van der Waals surface area contributed by atoms with Gasteiger partial charge in [0, 0.05) is 34.0 Å². The number of aromatic nitrogens is 1. The number of carbonyl (C=O) groups excluding carboxylic acids is 1. The van der Waals surface area contributed by atoms with Crippen molar-refractivity contribution in [1.29, 1.82) is 0 Å². The lowest BCUT2D eigenvalue weighted by molar-refractivity contribution is -0.120. The number of fused-ring (bicyclic) bond motifs is 2. The number of aliphatic imine (C=N–C) groups is 1. The van der Waals surface area contributed by atoms with Crippen LogP contribution in [0, 0.1) is 5.41 Å². The molecule has 146 valence electrons. The lowest BCUT2D eigenvalue weighted by atomic mass is 9.72. The summed E-state index contributed by atoms with van der Waals surface area (Å²) in [5, 5.41) is 22.3. The standard InChI is InChI=1S/C24H22N2O3/c1-24(2)11-17(27)20(18(28)12-24)22-14-8-4-3-7-13(14)21(26-22)19-15-9-5-6-10-16(15)25-23(19)29/h3-10,17,25,27,29H,11-12H2,1-2H3/b22-20+. The number of rotatable bonds is 1. The summed E-state index contributed by atoms with van der Waals surface area (Å²) in [4.78, 5) is 20.8. The van der Waals surface area contributed by atoms with Crippen molar-refractivity contribution < 1.29 is 15.0 Å². The number of nitrogens with one attached hydrogen (secondary N) is 1. The van der Waals surface area contributed by atoms with Crippen molar-refractivity contribution in [3.05, 3.63) is 70.8 Å². The molecular weight excluding hydrogens is 364 g/mol. The van der Waals surface area contributed by atoms with Crippen LogP contribution < -0.4 is 0 Å². The van der Waals surface area contributed by atoms with Gasteiger partial charge in [-0.25, -0.2) is 4.99 Å². The molecule has 1 aliphatic carbocycles. The lowest BCUT2D eigenvalue weighted by Crippen LogP contribution is -2.35. The van der Waals surface area contributed by atoms with Gasteiger partial charge in [-0.15, -0.1) is 0 Å². The van der Waals surface area contributed by atoms with Crippen molar-refractivity contribution in [2.45, 2.75) is 32.8 Å². The van der Waals surface area contributed by atoms with Gasteiger partial charge in [0.25, 0.3) is 0 Å². The summed E-state index contributed by atoms with van der Waals surface area (Å²) in [6.45, 7) is 3.99. The Kier molecular flexibility index (Phi) is 3.80. The van der Waals surface area contributed by atoms with E-state index in [4.69, 9.17) is 4.99 Å². The van der Waals surface area contributed by atoms with E-state index >= 15 is 0 Å². The maximum Gasteiger partial charge on any atom is 0.199 e. The molecule has 5 nitrogen and oxygen atoms in total. The number of aliphatic hydroxyl groups is 1. The van der Waals surface area contributed by atoms with Crippen molar-refractivity contribution in [1.82, 2.24) is 4.98 Å². The van der Waals surface area contributed by atoms with Crippen LogP contribution in [0.1, 0.15) is 43.4 Å². The van der Waals surface area contributed by atoms with Crippen molar-refractivity contribution in [3.8, 4) is 5.88 Å². The van der Waals surface area contributed by atoms with E-state index in [0.717, 1.165) is 22.0 Å². The molecule has 1 unspecified atom stereocenters. The molecule has 5 rings (SSSR count). The first kappa shape index (κ1) is 17.9. The van der Waals surface area contributed by atoms with Gasteiger partial charge < -0.3 is 15.2 Å². The molecule has 1 atom stereocenters. The molecule has 2 aromatic carbocycles. The normalized spacial score (nSPS) is 23.3. The number of aromatic hydroxyl groups is 1. The van der Waals surface area contributed by atoms with Crippen LogP contribution in [0.5, 0.6) is 5.88 Å². The van der Waals surface area contributed by atoms with E-state index in [1.54, 1.807) is 0 Å². The van der Waals surface area contributed by atoms with Gasteiger partial charge in [-0.1, -0.05) is 56.3 Å². The minimum Gasteiger partial charge on any atom is -0.494 e. The van der Waals surface area contributed by atoms with Crippen LogP contribution in [0.15, 0.2) is 59.1 Å². The molecule has 0 bridgehead atoms. The average molecular weight is 386 g/mol. The molecule has 0 spiro atoms. The summed E-state index contributed by atoms with van der Waals surface area (Å²) in [6, 6.07) is 15.3. The smallest absolute Gasteiger partial charge is 0.199 e. The second-order valence-corrected chi connectivity index (χ2v) is 8.65. The fourth-order valence-electron chi connectivity index (χ4n) is 4.59. The highest BCUT2D eigenvalue weighted by Crippen LogP contribution is 2.43. The first-order valence-electron chi connectivity index (χ1n) is 9.80. The van der Waals surface area contributed by atoms with Crippen LogP contribution in [0.2, 0.25) is 0 Å². The van der Waals surface area contributed by atoms with Crippen molar-refractivity contribution in [2.24, 2.45) is 10.4 Å². The molecule has 1 fully saturated rings. The Morgan fingerprint density at radius 3 is 2.52 bits per heavy atom. The number of carbonyl (C=O) groups is 1. The van der Waals surface area contributed by atoms with Crippen LogP contribution >= 0.6 is 0 Å².